The summed E-state index contributed by atoms with van der Waals surface area (Å²) in [6.07, 6.45) is 0. The number of anilines is 2. The number of pyridine rings is 1. The molecule has 0 bridgehead atoms. The lowest BCUT2D eigenvalue weighted by atomic mass is 9.92. The van der Waals surface area contributed by atoms with E-state index in [2.05, 4.69) is 73.6 Å². The summed E-state index contributed by atoms with van der Waals surface area (Å²) >= 11 is 2.02. The van der Waals surface area contributed by atoms with E-state index in [-0.39, 0.29) is 11.4 Å². The number of aryl methyl sites for hydroxylation is 1. The molecule has 6 rings (SSSR count). The number of hydrogen-bond donors (Lipinski definition) is 2. The summed E-state index contributed by atoms with van der Waals surface area (Å²) in [5.74, 6) is 2.97. The molecule has 1 fully saturated rings. The van der Waals surface area contributed by atoms with E-state index in [0.29, 0.717) is 5.82 Å². The molecule has 2 N–H and O–H groups in total. The number of carbonyl (C=O) groups excluding carboxylic acids is 1. The number of thioether (sulfide) groups is 1. The van der Waals surface area contributed by atoms with Gasteiger partial charge in [-0.2, -0.15) is 16.9 Å². The van der Waals surface area contributed by atoms with Crippen molar-refractivity contribution < 1.29 is 4.79 Å². The molecule has 0 aliphatic carbocycles. The van der Waals surface area contributed by atoms with Gasteiger partial charge >= 0.3 is 6.03 Å². The Morgan fingerprint density at radius 2 is 1.63 bits per heavy atom. The Bertz CT molecular complexity index is 1750. The summed E-state index contributed by atoms with van der Waals surface area (Å²) in [6, 6.07) is 28.2. The van der Waals surface area contributed by atoms with Crippen molar-refractivity contribution in [2.75, 3.05) is 35.2 Å². The summed E-state index contributed by atoms with van der Waals surface area (Å²) in [4.78, 5) is 20.9. The fourth-order valence-electron chi connectivity index (χ4n) is 5.33. The van der Waals surface area contributed by atoms with E-state index in [9.17, 15) is 4.79 Å². The monoisotopic (exact) mass is 590 g/mol. The van der Waals surface area contributed by atoms with Crippen LogP contribution in [-0.4, -0.2) is 50.3 Å². The quantitative estimate of drug-likeness (QED) is 0.210. The number of nitrogens with zero attached hydrogens (tertiary/aromatic N) is 4. The van der Waals surface area contributed by atoms with Crippen molar-refractivity contribution in [1.29, 1.82) is 0 Å². The number of amides is 2. The summed E-state index contributed by atoms with van der Waals surface area (Å²) in [5, 5.41) is 13.0. The van der Waals surface area contributed by atoms with Gasteiger partial charge in [-0.3, -0.25) is 15.2 Å². The molecule has 0 atom stereocenters. The molecule has 2 aromatic heterocycles. The number of fused-ring (bicyclic) bond motifs is 1. The summed E-state index contributed by atoms with van der Waals surface area (Å²) < 4.78 is 1.79. The zero-order valence-electron chi connectivity index (χ0n) is 25.2. The van der Waals surface area contributed by atoms with Crippen molar-refractivity contribution in [1.82, 2.24) is 19.7 Å². The van der Waals surface area contributed by atoms with Gasteiger partial charge < -0.3 is 5.32 Å². The topological polar surface area (TPSA) is 75.1 Å². The van der Waals surface area contributed by atoms with Crippen molar-refractivity contribution in [2.24, 2.45) is 0 Å². The second kappa shape index (κ2) is 12.2. The average molecular weight is 591 g/mol. The summed E-state index contributed by atoms with van der Waals surface area (Å²) in [6.45, 7) is 11.5. The molecule has 3 heterocycles. The minimum absolute atomic E-state index is 0.174. The van der Waals surface area contributed by atoms with Crippen LogP contribution in [0.25, 0.3) is 27.7 Å². The van der Waals surface area contributed by atoms with Crippen LogP contribution in [0.1, 0.15) is 37.7 Å². The third kappa shape index (κ3) is 6.60. The fourth-order valence-corrected chi connectivity index (χ4v) is 6.31. The minimum Gasteiger partial charge on any atom is -0.307 e. The third-order valence-electron chi connectivity index (χ3n) is 7.74. The maximum absolute atomic E-state index is 13.4. The highest BCUT2D eigenvalue weighted by atomic mass is 32.2. The van der Waals surface area contributed by atoms with Crippen LogP contribution in [0.2, 0.25) is 0 Å². The van der Waals surface area contributed by atoms with Crippen LogP contribution in [0.5, 0.6) is 0 Å². The highest BCUT2D eigenvalue weighted by molar-refractivity contribution is 7.99. The average Bonchev–Trinajstić information content (AvgIpc) is 3.43. The van der Waals surface area contributed by atoms with Crippen molar-refractivity contribution >= 4 is 40.1 Å². The highest BCUT2D eigenvalue weighted by Gasteiger charge is 2.22. The Hall–Kier alpha value is -4.14. The molecule has 220 valence electrons. The van der Waals surface area contributed by atoms with Gasteiger partial charge in [0.25, 0.3) is 0 Å². The number of urea groups is 1. The van der Waals surface area contributed by atoms with E-state index in [0.717, 1.165) is 70.0 Å². The van der Waals surface area contributed by atoms with Crippen LogP contribution in [-0.2, 0) is 12.0 Å². The zero-order valence-corrected chi connectivity index (χ0v) is 26.0. The van der Waals surface area contributed by atoms with E-state index in [4.69, 9.17) is 10.1 Å². The van der Waals surface area contributed by atoms with E-state index >= 15 is 0 Å². The number of rotatable bonds is 6. The molecule has 1 saturated heterocycles. The predicted octanol–water partition coefficient (Wildman–Crippen LogP) is 7.89. The molecule has 5 aromatic rings. The number of hydrogen-bond acceptors (Lipinski definition) is 5. The molecule has 7 nitrogen and oxygen atoms in total. The van der Waals surface area contributed by atoms with Crippen molar-refractivity contribution in [3.63, 3.8) is 0 Å². The lowest BCUT2D eigenvalue weighted by molar-refractivity contribution is 0.262. The molecule has 2 amide bonds. The van der Waals surface area contributed by atoms with Gasteiger partial charge in [-0.05, 0) is 42.6 Å². The van der Waals surface area contributed by atoms with Gasteiger partial charge in [-0.15, -0.1) is 0 Å². The molecule has 43 heavy (non-hydrogen) atoms. The van der Waals surface area contributed by atoms with Gasteiger partial charge in [0, 0.05) is 53.6 Å². The molecule has 1 aliphatic heterocycles. The maximum Gasteiger partial charge on any atom is 0.324 e. The lowest BCUT2D eigenvalue weighted by Gasteiger charge is -2.25. The first-order valence-electron chi connectivity index (χ1n) is 14.8. The number of nitrogens with one attached hydrogen (secondary N) is 2. The molecular formula is C35H38N6OS. The van der Waals surface area contributed by atoms with E-state index in [1.165, 1.54) is 11.5 Å². The summed E-state index contributed by atoms with van der Waals surface area (Å²) in [5.41, 5.74) is 6.57. The van der Waals surface area contributed by atoms with Gasteiger partial charge in [-0.1, -0.05) is 74.9 Å². The van der Waals surface area contributed by atoms with Gasteiger partial charge in [-0.25, -0.2) is 9.48 Å². The van der Waals surface area contributed by atoms with Crippen LogP contribution in [0.15, 0.2) is 84.9 Å². The number of carbonyl (C=O) groups is 1. The minimum atomic E-state index is -0.327. The van der Waals surface area contributed by atoms with Crippen LogP contribution in [0.4, 0.5) is 16.3 Å². The van der Waals surface area contributed by atoms with Crippen molar-refractivity contribution in [3.05, 3.63) is 102 Å². The van der Waals surface area contributed by atoms with E-state index in [1.807, 2.05) is 66.4 Å². The Kier molecular flexibility index (Phi) is 8.23. The van der Waals surface area contributed by atoms with Crippen molar-refractivity contribution in [2.45, 2.75) is 39.7 Å². The van der Waals surface area contributed by atoms with Crippen LogP contribution >= 0.6 is 11.8 Å². The molecule has 0 unspecified atom stereocenters. The molecule has 0 saturated carbocycles. The van der Waals surface area contributed by atoms with Crippen LogP contribution in [0.3, 0.4) is 0 Å². The Balaban J connectivity index is 1.27. The van der Waals surface area contributed by atoms with Crippen LogP contribution in [0, 0.1) is 6.92 Å². The third-order valence-corrected chi connectivity index (χ3v) is 8.68. The number of aromatic nitrogens is 3. The molecular weight excluding hydrogens is 552 g/mol. The van der Waals surface area contributed by atoms with E-state index < -0.39 is 0 Å². The van der Waals surface area contributed by atoms with E-state index in [1.54, 1.807) is 4.68 Å². The largest absolute Gasteiger partial charge is 0.324 e. The Labute approximate surface area is 257 Å². The van der Waals surface area contributed by atoms with Gasteiger partial charge in [0.2, 0.25) is 0 Å². The molecule has 8 heteroatoms. The Morgan fingerprint density at radius 1 is 0.884 bits per heavy atom. The zero-order chi connectivity index (χ0) is 30.0. The SMILES string of the molecule is Cc1ccc(-n2nc(C(C)(C)C)cc2NC(=O)Nc2ccc(-c3cccc(CN4CCSCC4)n3)c3ccccc23)cc1. The fraction of sp³-hybridized carbons (Fsp3) is 0.286. The molecule has 0 spiro atoms. The van der Waals surface area contributed by atoms with Gasteiger partial charge in [0.05, 0.1) is 28.5 Å². The lowest BCUT2D eigenvalue weighted by Crippen LogP contribution is -2.32. The molecule has 0 radical (unpaired) electrons. The second-order valence-electron chi connectivity index (χ2n) is 12.1. The molecule has 1 aliphatic rings. The first-order valence-corrected chi connectivity index (χ1v) is 15.9. The summed E-state index contributed by atoms with van der Waals surface area (Å²) in [7, 11) is 0. The first-order chi connectivity index (χ1) is 20.7. The normalized spacial score (nSPS) is 14.1. The molecule has 3 aromatic carbocycles. The smallest absolute Gasteiger partial charge is 0.307 e. The van der Waals surface area contributed by atoms with Crippen LogP contribution < -0.4 is 10.6 Å². The maximum atomic E-state index is 13.4. The predicted molar refractivity (Wildman–Crippen MR) is 179 cm³/mol. The second-order valence-corrected chi connectivity index (χ2v) is 13.3. The standard InChI is InChI=1S/C35H38N6OS/c1-24-12-14-26(15-13-24)41-33(22-32(39-41)35(2,3)4)38-34(42)37-31-17-16-29(27-9-5-6-10-28(27)31)30-11-7-8-25(36-30)23-40-18-20-43-21-19-40/h5-17,22H,18-21,23H2,1-4H3,(H2,37,38,42). The Morgan fingerprint density at radius 3 is 2.37 bits per heavy atom. The van der Waals surface area contributed by atoms with Crippen molar-refractivity contribution in [3.8, 4) is 16.9 Å². The first kappa shape index (κ1) is 29.0. The van der Waals surface area contributed by atoms with Gasteiger partial charge in [0.1, 0.15) is 5.82 Å². The highest BCUT2D eigenvalue weighted by Crippen LogP contribution is 2.33. The van der Waals surface area contributed by atoms with Gasteiger partial charge in [0.15, 0.2) is 0 Å². The number of benzene rings is 3.